The van der Waals surface area contributed by atoms with Crippen LogP contribution in [0, 0.1) is 0 Å². The van der Waals surface area contributed by atoms with Crippen LogP contribution >= 0.6 is 11.6 Å². The van der Waals surface area contributed by atoms with E-state index in [0.29, 0.717) is 16.3 Å². The summed E-state index contributed by atoms with van der Waals surface area (Å²) < 4.78 is 23.7. The van der Waals surface area contributed by atoms with Crippen molar-refractivity contribution < 1.29 is 8.42 Å². The third-order valence-corrected chi connectivity index (χ3v) is 4.41. The first-order valence-corrected chi connectivity index (χ1v) is 7.09. The Hall–Kier alpha value is -1.33. The van der Waals surface area contributed by atoms with E-state index in [2.05, 4.69) is 10.2 Å². The summed E-state index contributed by atoms with van der Waals surface area (Å²) in [5, 5.41) is 7.05. The van der Waals surface area contributed by atoms with Crippen LogP contribution in [0.1, 0.15) is 6.92 Å². The molecule has 0 bridgehead atoms. The topological polar surface area (TPSA) is 62.8 Å². The molecular formula is C11H11ClN2O2S. The number of hydrogen-bond donors (Lipinski definition) is 1. The fraction of sp³-hybridized carbons (Fsp3) is 0.182. The number of aromatic nitrogens is 2. The summed E-state index contributed by atoms with van der Waals surface area (Å²) in [7, 11) is -3.28. The second-order valence-electron chi connectivity index (χ2n) is 3.52. The summed E-state index contributed by atoms with van der Waals surface area (Å²) in [4.78, 5) is 0.210. The fourth-order valence-corrected chi connectivity index (χ4v) is 2.71. The van der Waals surface area contributed by atoms with E-state index in [1.54, 1.807) is 31.2 Å². The molecule has 0 unspecified atom stereocenters. The summed E-state index contributed by atoms with van der Waals surface area (Å²) in [6, 6.07) is 6.98. The van der Waals surface area contributed by atoms with E-state index < -0.39 is 9.84 Å². The van der Waals surface area contributed by atoms with E-state index in [-0.39, 0.29) is 10.6 Å². The predicted octanol–water partition coefficient (Wildman–Crippen LogP) is 2.52. The molecule has 0 saturated heterocycles. The molecule has 0 amide bonds. The van der Waals surface area contributed by atoms with Crippen molar-refractivity contribution >= 4 is 21.4 Å². The van der Waals surface area contributed by atoms with Crippen molar-refractivity contribution in [3.8, 4) is 11.3 Å². The minimum absolute atomic E-state index is 0.0418. The van der Waals surface area contributed by atoms with E-state index in [1.807, 2.05) is 0 Å². The Labute approximate surface area is 105 Å². The quantitative estimate of drug-likeness (QED) is 0.932. The largest absolute Gasteiger partial charge is 0.276 e. The van der Waals surface area contributed by atoms with Crippen molar-refractivity contribution in [2.24, 2.45) is 0 Å². The molecule has 0 spiro atoms. The minimum Gasteiger partial charge on any atom is -0.276 e. The molecule has 2 rings (SSSR count). The molecule has 0 aliphatic carbocycles. The lowest BCUT2D eigenvalue weighted by molar-refractivity contribution is 0.597. The summed E-state index contributed by atoms with van der Waals surface area (Å²) in [5.74, 6) is 0.0418. The highest BCUT2D eigenvalue weighted by atomic mass is 35.5. The Bertz CT molecular complexity index is 634. The van der Waals surface area contributed by atoms with Crippen molar-refractivity contribution in [3.05, 3.63) is 35.5 Å². The number of nitrogens with zero attached hydrogens (tertiary/aromatic N) is 1. The third kappa shape index (κ3) is 2.35. The Morgan fingerprint density at radius 2 is 2.18 bits per heavy atom. The average Bonchev–Trinajstić information content (AvgIpc) is 2.78. The standard InChI is InChI=1S/C11H11ClN2O2S/c1-2-17(15,16)10-7-13-14-11(10)8-4-3-5-9(12)6-8/h3-7H,2H2,1H3,(H,13,14). The average molecular weight is 271 g/mol. The van der Waals surface area contributed by atoms with Gasteiger partial charge >= 0.3 is 0 Å². The molecule has 0 aliphatic rings. The molecule has 0 radical (unpaired) electrons. The first kappa shape index (κ1) is 12.1. The maximum absolute atomic E-state index is 11.8. The van der Waals surface area contributed by atoms with Crippen LogP contribution in [0.15, 0.2) is 35.4 Å². The van der Waals surface area contributed by atoms with Gasteiger partial charge in [0.15, 0.2) is 9.84 Å². The van der Waals surface area contributed by atoms with Crippen LogP contribution in [0.4, 0.5) is 0 Å². The molecule has 17 heavy (non-hydrogen) atoms. The zero-order valence-electron chi connectivity index (χ0n) is 9.14. The van der Waals surface area contributed by atoms with Crippen LogP contribution in [0.5, 0.6) is 0 Å². The van der Waals surface area contributed by atoms with Gasteiger partial charge in [-0.1, -0.05) is 30.7 Å². The third-order valence-electron chi connectivity index (χ3n) is 2.43. The van der Waals surface area contributed by atoms with Crippen LogP contribution in [-0.4, -0.2) is 24.4 Å². The Balaban J connectivity index is 2.59. The van der Waals surface area contributed by atoms with Gasteiger partial charge in [0.25, 0.3) is 0 Å². The number of sulfone groups is 1. The monoisotopic (exact) mass is 270 g/mol. The maximum atomic E-state index is 11.8. The van der Waals surface area contributed by atoms with Crippen LogP contribution in [-0.2, 0) is 9.84 Å². The van der Waals surface area contributed by atoms with Gasteiger partial charge < -0.3 is 0 Å². The van der Waals surface area contributed by atoms with Gasteiger partial charge in [-0.2, -0.15) is 5.10 Å². The second kappa shape index (κ2) is 4.50. The molecule has 2 aromatic rings. The zero-order chi connectivity index (χ0) is 12.5. The van der Waals surface area contributed by atoms with Crippen LogP contribution in [0.25, 0.3) is 11.3 Å². The van der Waals surface area contributed by atoms with Crippen LogP contribution < -0.4 is 0 Å². The van der Waals surface area contributed by atoms with E-state index >= 15 is 0 Å². The van der Waals surface area contributed by atoms with Gasteiger partial charge in [0.05, 0.1) is 17.6 Å². The number of nitrogens with one attached hydrogen (secondary N) is 1. The van der Waals surface area contributed by atoms with Gasteiger partial charge in [-0.3, -0.25) is 5.10 Å². The van der Waals surface area contributed by atoms with Crippen molar-refractivity contribution in [3.63, 3.8) is 0 Å². The molecule has 6 heteroatoms. The first-order chi connectivity index (χ1) is 8.04. The second-order valence-corrected chi connectivity index (χ2v) is 6.21. The number of aromatic amines is 1. The fourth-order valence-electron chi connectivity index (χ4n) is 1.52. The molecule has 0 fully saturated rings. The number of H-pyrrole nitrogens is 1. The molecular weight excluding hydrogens is 260 g/mol. The van der Waals surface area contributed by atoms with Gasteiger partial charge in [-0.05, 0) is 12.1 Å². The number of halogens is 1. The molecule has 1 heterocycles. The number of benzene rings is 1. The molecule has 0 atom stereocenters. The molecule has 90 valence electrons. The highest BCUT2D eigenvalue weighted by molar-refractivity contribution is 7.91. The summed E-state index contributed by atoms with van der Waals surface area (Å²) in [6.07, 6.45) is 1.33. The predicted molar refractivity (Wildman–Crippen MR) is 66.8 cm³/mol. The molecule has 0 aliphatic heterocycles. The Kier molecular flexibility index (Phi) is 3.22. The van der Waals surface area contributed by atoms with Gasteiger partial charge in [0.1, 0.15) is 4.90 Å². The van der Waals surface area contributed by atoms with Gasteiger partial charge in [-0.15, -0.1) is 0 Å². The molecule has 4 nitrogen and oxygen atoms in total. The highest BCUT2D eigenvalue weighted by Gasteiger charge is 2.19. The van der Waals surface area contributed by atoms with E-state index in [1.165, 1.54) is 6.20 Å². The number of rotatable bonds is 3. The Morgan fingerprint density at radius 1 is 1.41 bits per heavy atom. The maximum Gasteiger partial charge on any atom is 0.181 e. The Morgan fingerprint density at radius 3 is 2.82 bits per heavy atom. The molecule has 1 aromatic heterocycles. The number of hydrogen-bond acceptors (Lipinski definition) is 3. The lowest BCUT2D eigenvalue weighted by atomic mass is 10.2. The van der Waals surface area contributed by atoms with E-state index in [4.69, 9.17) is 11.6 Å². The summed E-state index contributed by atoms with van der Waals surface area (Å²) >= 11 is 5.88. The minimum atomic E-state index is -3.28. The van der Waals surface area contributed by atoms with Gasteiger partial charge in [-0.25, -0.2) is 8.42 Å². The van der Waals surface area contributed by atoms with Gasteiger partial charge in [0, 0.05) is 10.6 Å². The van der Waals surface area contributed by atoms with Crippen LogP contribution in [0.3, 0.4) is 0 Å². The van der Waals surface area contributed by atoms with Gasteiger partial charge in [0.2, 0.25) is 0 Å². The molecule has 1 aromatic carbocycles. The molecule has 1 N–H and O–H groups in total. The summed E-state index contributed by atoms with van der Waals surface area (Å²) in [5.41, 5.74) is 1.19. The van der Waals surface area contributed by atoms with Crippen molar-refractivity contribution in [2.45, 2.75) is 11.8 Å². The smallest absolute Gasteiger partial charge is 0.181 e. The van der Waals surface area contributed by atoms with Crippen molar-refractivity contribution in [1.29, 1.82) is 0 Å². The van der Waals surface area contributed by atoms with Crippen molar-refractivity contribution in [2.75, 3.05) is 5.75 Å². The lowest BCUT2D eigenvalue weighted by Gasteiger charge is -2.03. The van der Waals surface area contributed by atoms with E-state index in [0.717, 1.165) is 0 Å². The normalized spacial score (nSPS) is 11.6. The van der Waals surface area contributed by atoms with E-state index in [9.17, 15) is 8.42 Å². The zero-order valence-corrected chi connectivity index (χ0v) is 10.7. The lowest BCUT2D eigenvalue weighted by Crippen LogP contribution is -2.03. The first-order valence-electron chi connectivity index (χ1n) is 5.06. The van der Waals surface area contributed by atoms with Crippen LogP contribution in [0.2, 0.25) is 5.02 Å². The SMILES string of the molecule is CCS(=O)(=O)c1cn[nH]c1-c1cccc(Cl)c1. The summed E-state index contributed by atoms with van der Waals surface area (Å²) in [6.45, 7) is 1.60. The molecule has 0 saturated carbocycles. The van der Waals surface area contributed by atoms with Crippen molar-refractivity contribution in [1.82, 2.24) is 10.2 Å². The highest BCUT2D eigenvalue weighted by Crippen LogP contribution is 2.27.